The van der Waals surface area contributed by atoms with E-state index < -0.39 is 97.5 Å². The van der Waals surface area contributed by atoms with Gasteiger partial charge >= 0.3 is 39.5 Å². The monoisotopic (exact) mass is 1490 g/mol. The zero-order valence-electron chi connectivity index (χ0n) is 67.1. The third-order valence-electron chi connectivity index (χ3n) is 19.4. The van der Waals surface area contributed by atoms with Crippen LogP contribution in [0.5, 0.6) is 0 Å². The molecular weight excluding hydrogens is 1330 g/mol. The van der Waals surface area contributed by atoms with Crippen LogP contribution < -0.4 is 0 Å². The van der Waals surface area contributed by atoms with Crippen molar-refractivity contribution >= 4 is 39.5 Å². The highest BCUT2D eigenvalue weighted by atomic mass is 31.2. The van der Waals surface area contributed by atoms with Crippen LogP contribution in [0, 0.1) is 17.8 Å². The van der Waals surface area contributed by atoms with Crippen LogP contribution in [-0.2, 0) is 65.4 Å². The molecular formula is C83H162O17P2. The summed E-state index contributed by atoms with van der Waals surface area (Å²) >= 11 is 0. The van der Waals surface area contributed by atoms with E-state index in [0.29, 0.717) is 25.7 Å². The maximum Gasteiger partial charge on any atom is 0.472 e. The van der Waals surface area contributed by atoms with Crippen molar-refractivity contribution in [3.8, 4) is 0 Å². The minimum Gasteiger partial charge on any atom is -0.462 e. The Kier molecular flexibility index (Phi) is 71.8. The second kappa shape index (κ2) is 73.2. The first-order valence-electron chi connectivity index (χ1n) is 42.8. The van der Waals surface area contributed by atoms with Gasteiger partial charge in [0.1, 0.15) is 19.3 Å². The zero-order valence-corrected chi connectivity index (χ0v) is 68.9. The highest BCUT2D eigenvalue weighted by molar-refractivity contribution is 7.47. The predicted octanol–water partition coefficient (Wildman–Crippen LogP) is 24.9. The van der Waals surface area contributed by atoms with Gasteiger partial charge in [0, 0.05) is 25.7 Å². The Bertz CT molecular complexity index is 1970. The summed E-state index contributed by atoms with van der Waals surface area (Å²) in [5, 5.41) is 10.7. The number of aliphatic hydroxyl groups is 1. The molecule has 2 unspecified atom stereocenters. The molecule has 0 saturated carbocycles. The summed E-state index contributed by atoms with van der Waals surface area (Å²) in [5.41, 5.74) is 0. The van der Waals surface area contributed by atoms with E-state index in [1.54, 1.807) is 0 Å². The molecule has 3 N–H and O–H groups in total. The predicted molar refractivity (Wildman–Crippen MR) is 418 cm³/mol. The van der Waals surface area contributed by atoms with Gasteiger partial charge in [-0.15, -0.1) is 0 Å². The Morgan fingerprint density at radius 1 is 0.265 bits per heavy atom. The third kappa shape index (κ3) is 76.3. The number of ether oxygens (including phenoxy) is 4. The second-order valence-electron chi connectivity index (χ2n) is 31.3. The number of unbranched alkanes of at least 4 members (excludes halogenated alkanes) is 49. The molecule has 0 heterocycles. The first kappa shape index (κ1) is 100. The van der Waals surface area contributed by atoms with E-state index in [-0.39, 0.29) is 25.7 Å². The summed E-state index contributed by atoms with van der Waals surface area (Å²) in [4.78, 5) is 73.1. The lowest BCUT2D eigenvalue weighted by molar-refractivity contribution is -0.161. The number of hydrogen-bond donors (Lipinski definition) is 3. The molecule has 0 aromatic rings. The smallest absolute Gasteiger partial charge is 0.462 e. The van der Waals surface area contributed by atoms with Crippen LogP contribution in [-0.4, -0.2) is 96.7 Å². The molecule has 5 atom stereocenters. The molecule has 0 rings (SSSR count). The van der Waals surface area contributed by atoms with Gasteiger partial charge < -0.3 is 33.8 Å². The number of rotatable bonds is 81. The van der Waals surface area contributed by atoms with Crippen LogP contribution in [0.4, 0.5) is 0 Å². The quantitative estimate of drug-likeness (QED) is 0.0222. The van der Waals surface area contributed by atoms with Crippen LogP contribution in [0.25, 0.3) is 0 Å². The lowest BCUT2D eigenvalue weighted by Crippen LogP contribution is -2.30. The average Bonchev–Trinajstić information content (AvgIpc) is 0.909. The molecule has 0 aromatic heterocycles. The van der Waals surface area contributed by atoms with Gasteiger partial charge in [0.05, 0.1) is 26.4 Å². The molecule has 0 saturated heterocycles. The van der Waals surface area contributed by atoms with Gasteiger partial charge in [0.2, 0.25) is 0 Å². The molecule has 0 bridgehead atoms. The molecule has 0 aromatic carbocycles. The molecule has 0 radical (unpaired) electrons. The average molecular weight is 1490 g/mol. The number of esters is 4. The van der Waals surface area contributed by atoms with Crippen molar-refractivity contribution < 1.29 is 80.2 Å². The normalized spacial score (nSPS) is 13.9. The first-order valence-corrected chi connectivity index (χ1v) is 45.8. The maximum atomic E-state index is 13.1. The van der Waals surface area contributed by atoms with Gasteiger partial charge in [0.25, 0.3) is 0 Å². The summed E-state index contributed by atoms with van der Waals surface area (Å²) in [6.45, 7) is 11.9. The molecule has 0 aliphatic carbocycles. The van der Waals surface area contributed by atoms with Crippen molar-refractivity contribution in [2.24, 2.45) is 17.8 Å². The topological polar surface area (TPSA) is 237 Å². The summed E-state index contributed by atoms with van der Waals surface area (Å²) in [5.74, 6) is 0.191. The molecule has 0 aliphatic heterocycles. The van der Waals surface area contributed by atoms with Crippen molar-refractivity contribution in [2.45, 2.75) is 452 Å². The van der Waals surface area contributed by atoms with Gasteiger partial charge in [-0.1, -0.05) is 382 Å². The SMILES string of the molecule is CCCCCCCCCCCCCCCCCCCC(=O)OC[C@H](COP(=O)(O)OC[C@@H](O)COP(=O)(O)OC[C@@H](COC(=O)CCCCCCCCCCCC(C)C)OC(=O)CCCCCCCCCCCC(C)C)OC(=O)CCCCCCCCCCCCCCCCCCCCC(C)C. The van der Waals surface area contributed by atoms with Crippen LogP contribution in [0.1, 0.15) is 434 Å². The van der Waals surface area contributed by atoms with Gasteiger partial charge in [-0.05, 0) is 43.4 Å². The Hall–Kier alpha value is -1.94. The molecule has 0 amide bonds. The van der Waals surface area contributed by atoms with Crippen LogP contribution in [0.15, 0.2) is 0 Å². The zero-order chi connectivity index (χ0) is 75.1. The van der Waals surface area contributed by atoms with E-state index in [4.69, 9.17) is 37.0 Å². The third-order valence-corrected chi connectivity index (χ3v) is 21.3. The maximum absolute atomic E-state index is 13.1. The molecule has 0 fully saturated rings. The lowest BCUT2D eigenvalue weighted by Gasteiger charge is -2.21. The van der Waals surface area contributed by atoms with E-state index in [0.717, 1.165) is 108 Å². The summed E-state index contributed by atoms with van der Waals surface area (Å²) < 4.78 is 68.8. The van der Waals surface area contributed by atoms with E-state index in [1.165, 1.54) is 244 Å². The van der Waals surface area contributed by atoms with Crippen LogP contribution >= 0.6 is 15.6 Å². The highest BCUT2D eigenvalue weighted by Gasteiger charge is 2.30. The molecule has 17 nitrogen and oxygen atoms in total. The molecule has 19 heteroatoms. The van der Waals surface area contributed by atoms with Gasteiger partial charge in [-0.2, -0.15) is 0 Å². The number of phosphoric acid groups is 2. The number of carbonyl (C=O) groups is 4. The van der Waals surface area contributed by atoms with Crippen LogP contribution in [0.2, 0.25) is 0 Å². The largest absolute Gasteiger partial charge is 0.472 e. The van der Waals surface area contributed by atoms with E-state index >= 15 is 0 Å². The van der Waals surface area contributed by atoms with E-state index in [2.05, 4.69) is 48.5 Å². The fourth-order valence-corrected chi connectivity index (χ4v) is 14.4. The van der Waals surface area contributed by atoms with Gasteiger partial charge in [-0.25, -0.2) is 9.13 Å². The summed E-state index contributed by atoms with van der Waals surface area (Å²) in [6.07, 6.45) is 62.5. The minimum atomic E-state index is -4.96. The van der Waals surface area contributed by atoms with Crippen molar-refractivity contribution in [3.05, 3.63) is 0 Å². The van der Waals surface area contributed by atoms with Crippen molar-refractivity contribution in [1.29, 1.82) is 0 Å². The summed E-state index contributed by atoms with van der Waals surface area (Å²) in [6, 6.07) is 0. The van der Waals surface area contributed by atoms with Gasteiger partial charge in [-0.3, -0.25) is 37.3 Å². The Morgan fingerprint density at radius 3 is 0.667 bits per heavy atom. The molecule has 0 spiro atoms. The number of aliphatic hydroxyl groups excluding tert-OH is 1. The molecule has 102 heavy (non-hydrogen) atoms. The Morgan fingerprint density at radius 2 is 0.451 bits per heavy atom. The standard InChI is InChI=1S/C83H162O17P2/c1-8-9-10-11-12-13-14-15-16-19-23-26-29-36-43-50-57-64-80(85)93-70-78(99-82(87)66-59-52-45-37-30-27-24-21-18-17-20-22-25-28-33-40-47-54-61-74(2)3)72-97-101(89,90)95-68-77(84)69-96-102(91,92)98-73-79(100-83(88)67-60-53-46-39-32-35-42-49-56-63-76(6)7)71-94-81(86)65-58-51-44-38-31-34-41-48-55-62-75(4)5/h74-79,84H,8-73H2,1-7H3,(H,89,90)(H,91,92)/t77-,78-,79-/m1/s1. The number of phosphoric ester groups is 2. The Labute approximate surface area is 626 Å². The summed E-state index contributed by atoms with van der Waals surface area (Å²) in [7, 11) is -9.92. The fraction of sp³-hybridized carbons (Fsp3) is 0.952. The fourth-order valence-electron chi connectivity index (χ4n) is 12.8. The van der Waals surface area contributed by atoms with Gasteiger partial charge in [0.15, 0.2) is 12.2 Å². The van der Waals surface area contributed by atoms with Crippen molar-refractivity contribution in [3.63, 3.8) is 0 Å². The van der Waals surface area contributed by atoms with Crippen LogP contribution in [0.3, 0.4) is 0 Å². The lowest BCUT2D eigenvalue weighted by atomic mass is 10.0. The highest BCUT2D eigenvalue weighted by Crippen LogP contribution is 2.45. The first-order chi connectivity index (χ1) is 49.2. The minimum absolute atomic E-state index is 0.105. The second-order valence-corrected chi connectivity index (χ2v) is 34.2. The molecule has 0 aliphatic rings. The molecule has 606 valence electrons. The number of hydrogen-bond acceptors (Lipinski definition) is 15. The van der Waals surface area contributed by atoms with E-state index in [1.807, 2.05) is 0 Å². The van der Waals surface area contributed by atoms with Crippen molar-refractivity contribution in [2.75, 3.05) is 39.6 Å². The van der Waals surface area contributed by atoms with E-state index in [9.17, 15) is 43.2 Å². The van der Waals surface area contributed by atoms with Crippen molar-refractivity contribution in [1.82, 2.24) is 0 Å². The number of carbonyl (C=O) groups excluding carboxylic acids is 4. The Balaban J connectivity index is 5.23.